The SMILES string of the molecule is Cc1ccc(S(=O)(=O)N2CCc3nc(N4CCOCC4)nc(C)c3CC2)cc1F. The molecule has 7 nitrogen and oxygen atoms in total. The zero-order valence-electron chi connectivity index (χ0n) is 16.7. The Morgan fingerprint density at radius 2 is 1.76 bits per heavy atom. The normalized spacial score (nSPS) is 18.4. The maximum atomic E-state index is 13.9. The van der Waals surface area contributed by atoms with Crippen LogP contribution in [0.4, 0.5) is 10.3 Å². The summed E-state index contributed by atoms with van der Waals surface area (Å²) >= 11 is 0. The van der Waals surface area contributed by atoms with Crippen molar-refractivity contribution >= 4 is 16.0 Å². The lowest BCUT2D eigenvalue weighted by Gasteiger charge is -2.27. The first-order valence-electron chi connectivity index (χ1n) is 9.81. The minimum absolute atomic E-state index is 0.0108. The van der Waals surface area contributed by atoms with Gasteiger partial charge in [0.25, 0.3) is 0 Å². The molecule has 0 aliphatic carbocycles. The van der Waals surface area contributed by atoms with Crippen molar-refractivity contribution in [3.05, 3.63) is 46.5 Å². The van der Waals surface area contributed by atoms with Crippen LogP contribution < -0.4 is 4.90 Å². The fourth-order valence-corrected chi connectivity index (χ4v) is 5.23. The van der Waals surface area contributed by atoms with Crippen molar-refractivity contribution in [3.63, 3.8) is 0 Å². The number of hydrogen-bond donors (Lipinski definition) is 0. The van der Waals surface area contributed by atoms with Crippen LogP contribution in [0, 0.1) is 19.7 Å². The molecule has 1 aromatic heterocycles. The number of sulfonamides is 1. The van der Waals surface area contributed by atoms with Gasteiger partial charge in [0, 0.05) is 38.3 Å². The van der Waals surface area contributed by atoms with Gasteiger partial charge in [-0.05, 0) is 43.5 Å². The standard InChI is InChI=1S/C20H25FN4O3S/c1-14-3-4-16(13-18(14)21)29(26,27)25-7-5-17-15(2)22-20(23-19(17)6-8-25)24-9-11-28-12-10-24/h3-4,13H,5-12H2,1-2H3. The lowest BCUT2D eigenvalue weighted by atomic mass is 10.1. The van der Waals surface area contributed by atoms with Gasteiger partial charge in [-0.15, -0.1) is 0 Å². The van der Waals surface area contributed by atoms with Gasteiger partial charge in [-0.2, -0.15) is 4.31 Å². The first-order chi connectivity index (χ1) is 13.9. The molecular formula is C20H25FN4O3S. The van der Waals surface area contributed by atoms with Crippen molar-refractivity contribution in [3.8, 4) is 0 Å². The summed E-state index contributed by atoms with van der Waals surface area (Å²) in [6, 6.07) is 4.07. The molecule has 0 unspecified atom stereocenters. The molecule has 1 aromatic carbocycles. The van der Waals surface area contributed by atoms with E-state index in [0.29, 0.717) is 50.7 Å². The molecule has 9 heteroatoms. The number of aryl methyl sites for hydroxylation is 2. The molecule has 0 bridgehead atoms. The number of anilines is 1. The Hall–Kier alpha value is -2.10. The molecule has 4 rings (SSSR count). The maximum Gasteiger partial charge on any atom is 0.243 e. The lowest BCUT2D eigenvalue weighted by molar-refractivity contribution is 0.122. The first-order valence-corrected chi connectivity index (χ1v) is 11.3. The summed E-state index contributed by atoms with van der Waals surface area (Å²) in [7, 11) is -3.77. The summed E-state index contributed by atoms with van der Waals surface area (Å²) in [6.45, 7) is 6.99. The van der Waals surface area contributed by atoms with E-state index in [0.717, 1.165) is 36.1 Å². The van der Waals surface area contributed by atoms with Gasteiger partial charge in [-0.25, -0.2) is 22.8 Å². The first kappa shape index (κ1) is 20.2. The minimum Gasteiger partial charge on any atom is -0.378 e. The van der Waals surface area contributed by atoms with Crippen LogP contribution >= 0.6 is 0 Å². The highest BCUT2D eigenvalue weighted by Gasteiger charge is 2.29. The number of fused-ring (bicyclic) bond motifs is 1. The van der Waals surface area contributed by atoms with Crippen molar-refractivity contribution in [1.82, 2.24) is 14.3 Å². The molecule has 0 radical (unpaired) electrons. The summed E-state index contributed by atoms with van der Waals surface area (Å²) in [5.74, 6) is 0.169. The van der Waals surface area contributed by atoms with Crippen LogP contribution in [0.3, 0.4) is 0 Å². The zero-order chi connectivity index (χ0) is 20.6. The molecule has 0 spiro atoms. The Kier molecular flexibility index (Phi) is 5.54. The molecule has 0 N–H and O–H groups in total. The van der Waals surface area contributed by atoms with E-state index >= 15 is 0 Å². The lowest BCUT2D eigenvalue weighted by Crippen LogP contribution is -2.37. The van der Waals surface area contributed by atoms with Gasteiger partial charge >= 0.3 is 0 Å². The molecule has 0 saturated carbocycles. The molecule has 156 valence electrons. The molecular weight excluding hydrogens is 395 g/mol. The van der Waals surface area contributed by atoms with E-state index in [1.165, 1.54) is 16.4 Å². The molecule has 2 aliphatic rings. The van der Waals surface area contributed by atoms with Crippen LogP contribution in [-0.4, -0.2) is 62.1 Å². The Bertz CT molecular complexity index is 1020. The number of halogens is 1. The summed E-state index contributed by atoms with van der Waals surface area (Å²) in [6.07, 6.45) is 1.04. The largest absolute Gasteiger partial charge is 0.378 e. The van der Waals surface area contributed by atoms with Crippen LogP contribution in [0.5, 0.6) is 0 Å². The maximum absolute atomic E-state index is 13.9. The van der Waals surface area contributed by atoms with E-state index < -0.39 is 15.8 Å². The second-order valence-corrected chi connectivity index (χ2v) is 9.39. The molecule has 0 atom stereocenters. The summed E-state index contributed by atoms with van der Waals surface area (Å²) in [5, 5.41) is 0. The van der Waals surface area contributed by atoms with Crippen molar-refractivity contribution < 1.29 is 17.5 Å². The van der Waals surface area contributed by atoms with Crippen molar-refractivity contribution in [1.29, 1.82) is 0 Å². The fraction of sp³-hybridized carbons (Fsp3) is 0.500. The fourth-order valence-electron chi connectivity index (χ4n) is 3.78. The summed E-state index contributed by atoms with van der Waals surface area (Å²) in [5.41, 5.74) is 3.22. The Morgan fingerprint density at radius 3 is 2.48 bits per heavy atom. The summed E-state index contributed by atoms with van der Waals surface area (Å²) < 4.78 is 46.9. The smallest absolute Gasteiger partial charge is 0.243 e. The number of nitrogens with zero attached hydrogens (tertiary/aromatic N) is 4. The molecule has 3 heterocycles. The van der Waals surface area contributed by atoms with Crippen LogP contribution in [0.2, 0.25) is 0 Å². The molecule has 2 aliphatic heterocycles. The predicted molar refractivity (Wildman–Crippen MR) is 107 cm³/mol. The Labute approximate surface area is 170 Å². The van der Waals surface area contributed by atoms with Gasteiger partial charge in [0.1, 0.15) is 5.82 Å². The Balaban J connectivity index is 1.59. The summed E-state index contributed by atoms with van der Waals surface area (Å²) in [4.78, 5) is 11.5. The quantitative estimate of drug-likeness (QED) is 0.755. The number of morpholine rings is 1. The third-order valence-corrected chi connectivity index (χ3v) is 7.47. The van der Waals surface area contributed by atoms with Crippen LogP contribution in [-0.2, 0) is 27.6 Å². The van der Waals surface area contributed by atoms with E-state index in [4.69, 9.17) is 9.72 Å². The second-order valence-electron chi connectivity index (χ2n) is 7.45. The molecule has 0 amide bonds. The average Bonchev–Trinajstić information content (AvgIpc) is 2.94. The zero-order valence-corrected chi connectivity index (χ0v) is 17.5. The molecule has 2 aromatic rings. The number of aromatic nitrogens is 2. The average molecular weight is 421 g/mol. The van der Waals surface area contributed by atoms with Gasteiger partial charge in [-0.1, -0.05) is 6.07 Å². The third kappa shape index (κ3) is 3.99. The van der Waals surface area contributed by atoms with Gasteiger partial charge in [-0.3, -0.25) is 0 Å². The number of ether oxygens (including phenoxy) is 1. The number of rotatable bonds is 3. The van der Waals surface area contributed by atoms with Gasteiger partial charge in [0.2, 0.25) is 16.0 Å². The van der Waals surface area contributed by atoms with Crippen molar-refractivity contribution in [2.75, 3.05) is 44.3 Å². The predicted octanol–water partition coefficient (Wildman–Crippen LogP) is 1.86. The highest BCUT2D eigenvalue weighted by Crippen LogP contribution is 2.25. The third-order valence-electron chi connectivity index (χ3n) is 5.57. The van der Waals surface area contributed by atoms with Gasteiger partial charge < -0.3 is 9.64 Å². The van der Waals surface area contributed by atoms with E-state index in [2.05, 4.69) is 9.88 Å². The topological polar surface area (TPSA) is 75.6 Å². The van der Waals surface area contributed by atoms with Crippen molar-refractivity contribution in [2.24, 2.45) is 0 Å². The monoisotopic (exact) mass is 420 g/mol. The van der Waals surface area contributed by atoms with Gasteiger partial charge in [0.05, 0.1) is 23.8 Å². The number of benzene rings is 1. The molecule has 29 heavy (non-hydrogen) atoms. The van der Waals surface area contributed by atoms with E-state index in [1.54, 1.807) is 6.92 Å². The minimum atomic E-state index is -3.77. The highest BCUT2D eigenvalue weighted by molar-refractivity contribution is 7.89. The van der Waals surface area contributed by atoms with Crippen LogP contribution in [0.1, 0.15) is 22.5 Å². The highest BCUT2D eigenvalue weighted by atomic mass is 32.2. The van der Waals surface area contributed by atoms with Crippen molar-refractivity contribution in [2.45, 2.75) is 31.6 Å². The molecule has 1 fully saturated rings. The van der Waals surface area contributed by atoms with E-state index in [-0.39, 0.29) is 4.90 Å². The van der Waals surface area contributed by atoms with E-state index in [9.17, 15) is 12.8 Å². The Morgan fingerprint density at radius 1 is 1.03 bits per heavy atom. The van der Waals surface area contributed by atoms with Crippen LogP contribution in [0.15, 0.2) is 23.1 Å². The molecule has 1 saturated heterocycles. The van der Waals surface area contributed by atoms with Gasteiger partial charge in [0.15, 0.2) is 0 Å². The second kappa shape index (κ2) is 7.97. The van der Waals surface area contributed by atoms with E-state index in [1.807, 2.05) is 6.92 Å². The van der Waals surface area contributed by atoms with Crippen LogP contribution in [0.25, 0.3) is 0 Å². The number of hydrogen-bond acceptors (Lipinski definition) is 6.